The van der Waals surface area contributed by atoms with Crippen molar-refractivity contribution in [3.05, 3.63) is 89.5 Å². The fourth-order valence-electron chi connectivity index (χ4n) is 5.07. The fraction of sp³-hybridized carbons (Fsp3) is 0.400. The van der Waals surface area contributed by atoms with Gasteiger partial charge in [-0.3, -0.25) is 0 Å². The van der Waals surface area contributed by atoms with Crippen LogP contribution < -0.4 is 4.74 Å². The zero-order valence-electron chi connectivity index (χ0n) is 20.1. The Morgan fingerprint density at radius 1 is 0.829 bits per heavy atom. The van der Waals surface area contributed by atoms with E-state index in [-0.39, 0.29) is 22.4 Å². The van der Waals surface area contributed by atoms with Gasteiger partial charge in [-0.15, -0.1) is 0 Å². The van der Waals surface area contributed by atoms with Crippen LogP contribution >= 0.6 is 0 Å². The molecule has 0 saturated heterocycles. The summed E-state index contributed by atoms with van der Waals surface area (Å²) in [7, 11) is 0. The highest BCUT2D eigenvalue weighted by atomic mass is 19.3. The monoisotopic (exact) mass is 484 g/mol. The summed E-state index contributed by atoms with van der Waals surface area (Å²) in [4.78, 5) is 0. The van der Waals surface area contributed by atoms with Crippen LogP contribution in [-0.2, 0) is 6.11 Å². The SMILES string of the molecule is CCCCCC1CCC(c2ccc(C(F)(F)Oc3ccccc3-c3ccc(F)c(F)c3)cc2)CC1. The van der Waals surface area contributed by atoms with E-state index in [9.17, 15) is 8.78 Å². The maximum atomic E-state index is 15.1. The third-order valence-electron chi connectivity index (χ3n) is 7.14. The Bertz CT molecular complexity index is 1100. The summed E-state index contributed by atoms with van der Waals surface area (Å²) in [6, 6.07) is 15.9. The van der Waals surface area contributed by atoms with Gasteiger partial charge >= 0.3 is 6.11 Å². The summed E-state index contributed by atoms with van der Waals surface area (Å²) in [6.07, 6.45) is 6.17. The van der Waals surface area contributed by atoms with Gasteiger partial charge in [0.05, 0.1) is 5.56 Å². The summed E-state index contributed by atoms with van der Waals surface area (Å²) in [6.45, 7) is 2.22. The molecule has 0 radical (unpaired) electrons. The van der Waals surface area contributed by atoms with Gasteiger partial charge in [-0.2, -0.15) is 8.78 Å². The predicted octanol–water partition coefficient (Wildman–Crippen LogP) is 9.61. The lowest BCUT2D eigenvalue weighted by atomic mass is 9.77. The molecule has 1 fully saturated rings. The average molecular weight is 485 g/mol. The number of para-hydroxylation sites is 1. The summed E-state index contributed by atoms with van der Waals surface area (Å²) in [5, 5.41) is 0. The fourth-order valence-corrected chi connectivity index (χ4v) is 5.07. The van der Waals surface area contributed by atoms with E-state index in [1.165, 1.54) is 62.8 Å². The van der Waals surface area contributed by atoms with Crippen molar-refractivity contribution in [3.8, 4) is 16.9 Å². The Labute approximate surface area is 205 Å². The molecule has 35 heavy (non-hydrogen) atoms. The largest absolute Gasteiger partial charge is 0.428 e. The molecular weight excluding hydrogens is 452 g/mol. The summed E-state index contributed by atoms with van der Waals surface area (Å²) in [5.41, 5.74) is 1.38. The van der Waals surface area contributed by atoms with Gasteiger partial charge in [-0.1, -0.05) is 69.0 Å². The van der Waals surface area contributed by atoms with Crippen molar-refractivity contribution in [2.24, 2.45) is 5.92 Å². The highest BCUT2D eigenvalue weighted by Gasteiger charge is 2.35. The van der Waals surface area contributed by atoms with Gasteiger partial charge in [-0.25, -0.2) is 8.78 Å². The molecular formula is C30H32F4O. The van der Waals surface area contributed by atoms with E-state index in [4.69, 9.17) is 4.74 Å². The Morgan fingerprint density at radius 3 is 2.23 bits per heavy atom. The van der Waals surface area contributed by atoms with Crippen LogP contribution in [0.3, 0.4) is 0 Å². The highest BCUT2D eigenvalue weighted by molar-refractivity contribution is 5.70. The molecule has 1 aliphatic rings. The number of benzene rings is 3. The minimum Gasteiger partial charge on any atom is -0.428 e. The van der Waals surface area contributed by atoms with Crippen molar-refractivity contribution in [3.63, 3.8) is 0 Å². The Hall–Kier alpha value is -2.82. The first-order valence-corrected chi connectivity index (χ1v) is 12.6. The summed E-state index contributed by atoms with van der Waals surface area (Å²) < 4.78 is 62.4. The molecule has 4 rings (SSSR count). The lowest BCUT2D eigenvalue weighted by molar-refractivity contribution is -0.185. The number of unbranched alkanes of at least 4 members (excludes halogenated alkanes) is 2. The van der Waals surface area contributed by atoms with E-state index in [0.29, 0.717) is 5.92 Å². The van der Waals surface area contributed by atoms with Gasteiger partial charge in [-0.05, 0) is 79.0 Å². The van der Waals surface area contributed by atoms with Gasteiger partial charge in [0.2, 0.25) is 0 Å². The molecule has 1 nitrogen and oxygen atoms in total. The molecule has 0 aromatic heterocycles. The molecule has 1 saturated carbocycles. The number of halogens is 4. The minimum atomic E-state index is -3.58. The zero-order chi connectivity index (χ0) is 24.8. The lowest BCUT2D eigenvalue weighted by Gasteiger charge is -2.29. The van der Waals surface area contributed by atoms with E-state index >= 15 is 8.78 Å². The van der Waals surface area contributed by atoms with E-state index in [2.05, 4.69) is 6.92 Å². The van der Waals surface area contributed by atoms with Gasteiger partial charge in [0, 0.05) is 5.56 Å². The van der Waals surface area contributed by atoms with Crippen molar-refractivity contribution in [2.75, 3.05) is 0 Å². The number of ether oxygens (including phenoxy) is 1. The van der Waals surface area contributed by atoms with Crippen LogP contribution in [0.1, 0.15) is 75.3 Å². The van der Waals surface area contributed by atoms with Crippen LogP contribution in [0.2, 0.25) is 0 Å². The van der Waals surface area contributed by atoms with Crippen LogP contribution in [0.4, 0.5) is 17.6 Å². The van der Waals surface area contributed by atoms with Crippen molar-refractivity contribution in [2.45, 2.75) is 70.3 Å². The lowest BCUT2D eigenvalue weighted by Crippen LogP contribution is -2.22. The summed E-state index contributed by atoms with van der Waals surface area (Å²) in [5.74, 6) is -0.939. The van der Waals surface area contributed by atoms with Crippen molar-refractivity contribution >= 4 is 0 Å². The molecule has 3 aromatic rings. The number of rotatable bonds is 9. The van der Waals surface area contributed by atoms with Gasteiger partial charge < -0.3 is 4.74 Å². The Kier molecular flexibility index (Phi) is 8.15. The number of alkyl halides is 2. The molecule has 0 atom stereocenters. The third kappa shape index (κ3) is 6.25. The average Bonchev–Trinajstić information content (AvgIpc) is 2.87. The predicted molar refractivity (Wildman–Crippen MR) is 132 cm³/mol. The van der Waals surface area contributed by atoms with Crippen molar-refractivity contribution in [1.29, 1.82) is 0 Å². The van der Waals surface area contributed by atoms with Gasteiger partial charge in [0.25, 0.3) is 0 Å². The van der Waals surface area contributed by atoms with Crippen molar-refractivity contribution < 1.29 is 22.3 Å². The maximum Gasteiger partial charge on any atom is 0.426 e. The second-order valence-corrected chi connectivity index (χ2v) is 9.58. The third-order valence-corrected chi connectivity index (χ3v) is 7.14. The second kappa shape index (κ2) is 11.3. The normalized spacial score (nSPS) is 18.4. The molecule has 0 N–H and O–H groups in total. The molecule has 186 valence electrons. The van der Waals surface area contributed by atoms with E-state index in [1.807, 2.05) is 0 Å². The van der Waals surface area contributed by atoms with E-state index in [1.54, 1.807) is 30.3 Å². The minimum absolute atomic E-state index is 0.103. The molecule has 0 aliphatic heterocycles. The quantitative estimate of drug-likeness (QED) is 0.217. The van der Waals surface area contributed by atoms with Crippen molar-refractivity contribution in [1.82, 2.24) is 0 Å². The molecule has 0 spiro atoms. The van der Waals surface area contributed by atoms with Crippen LogP contribution in [0.5, 0.6) is 5.75 Å². The van der Waals surface area contributed by atoms with Gasteiger partial charge in [0.1, 0.15) is 5.75 Å². The maximum absolute atomic E-state index is 15.1. The Morgan fingerprint density at radius 2 is 1.54 bits per heavy atom. The standard InChI is InChI=1S/C30H32F4O/c1-2-3-4-7-21-10-12-22(13-11-21)23-14-17-25(18-15-23)30(33,34)35-29-9-6-5-8-26(29)24-16-19-27(31)28(32)20-24/h5-6,8-9,14-22H,2-4,7,10-13H2,1H3. The second-order valence-electron chi connectivity index (χ2n) is 9.58. The first kappa shape index (κ1) is 25.3. The topological polar surface area (TPSA) is 9.23 Å². The zero-order valence-corrected chi connectivity index (χ0v) is 20.1. The molecule has 0 bridgehead atoms. The smallest absolute Gasteiger partial charge is 0.426 e. The molecule has 1 aliphatic carbocycles. The molecule has 3 aromatic carbocycles. The summed E-state index contributed by atoms with van der Waals surface area (Å²) >= 11 is 0. The molecule has 0 amide bonds. The highest BCUT2D eigenvalue weighted by Crippen LogP contribution is 2.40. The van der Waals surface area contributed by atoms with E-state index in [0.717, 1.165) is 36.5 Å². The van der Waals surface area contributed by atoms with Crippen LogP contribution in [-0.4, -0.2) is 0 Å². The van der Waals surface area contributed by atoms with Crippen LogP contribution in [0, 0.1) is 17.6 Å². The van der Waals surface area contributed by atoms with E-state index < -0.39 is 17.7 Å². The first-order valence-electron chi connectivity index (χ1n) is 12.6. The van der Waals surface area contributed by atoms with Gasteiger partial charge in [0.15, 0.2) is 11.6 Å². The number of hydrogen-bond acceptors (Lipinski definition) is 1. The van der Waals surface area contributed by atoms with Crippen LogP contribution in [0.15, 0.2) is 66.7 Å². The molecule has 0 unspecified atom stereocenters. The Balaban J connectivity index is 1.44. The molecule has 5 heteroatoms. The van der Waals surface area contributed by atoms with Crippen LogP contribution in [0.25, 0.3) is 11.1 Å². The molecule has 0 heterocycles. The first-order chi connectivity index (χ1) is 16.9. The number of hydrogen-bond donors (Lipinski definition) is 0.